The van der Waals surface area contributed by atoms with Crippen molar-refractivity contribution in [3.63, 3.8) is 0 Å². The van der Waals surface area contributed by atoms with Crippen molar-refractivity contribution in [3.8, 4) is 28.7 Å². The zero-order valence-electron chi connectivity index (χ0n) is 29.2. The Kier molecular flexibility index (Phi) is 8.06. The van der Waals surface area contributed by atoms with Crippen molar-refractivity contribution < 1.29 is 30.4 Å². The monoisotopic (exact) mass is 883 g/mol. The predicted octanol–water partition coefficient (Wildman–Crippen LogP) is 11.3. The molecule has 0 unspecified atom stereocenters. The molecule has 0 bridgehead atoms. The molecule has 4 heterocycles. The second kappa shape index (κ2) is 12.8. The summed E-state index contributed by atoms with van der Waals surface area (Å²) in [5.74, 6) is 2.05. The molecule has 0 atom stereocenters. The fraction of sp³-hybridized carbons (Fsp3) is 0.0870. The second-order valence-corrected chi connectivity index (χ2v) is 15.2. The van der Waals surface area contributed by atoms with Crippen molar-refractivity contribution in [3.05, 3.63) is 164 Å². The van der Waals surface area contributed by atoms with Crippen molar-refractivity contribution in [1.29, 1.82) is 0 Å². The molecule has 0 aliphatic carbocycles. The molecule has 260 valence electrons. The van der Waals surface area contributed by atoms with Crippen LogP contribution in [0.25, 0.3) is 70.2 Å². The second-order valence-electron chi connectivity index (χ2n) is 14.1. The summed E-state index contributed by atoms with van der Waals surface area (Å²) in [5, 5.41) is 4.77. The Hall–Kier alpha value is -5.55. The minimum Gasteiger partial charge on any atom is -0.510 e. The number of ether oxygens (including phenoxy) is 1. The zero-order valence-corrected chi connectivity index (χ0v) is 32.3. The molecule has 7 heteroatoms. The van der Waals surface area contributed by atoms with Crippen LogP contribution in [0.3, 0.4) is 0 Å². The maximum atomic E-state index is 6.52. The molecule has 0 fully saturated rings. The molecule has 6 aromatic carbocycles. The van der Waals surface area contributed by atoms with Crippen LogP contribution in [-0.2, 0) is 26.5 Å². The van der Waals surface area contributed by atoms with Crippen LogP contribution in [0.15, 0.2) is 140 Å². The molecular weight excluding hydrogens is 852 g/mol. The summed E-state index contributed by atoms with van der Waals surface area (Å²) in [7, 11) is 0. The standard InChI is InChI=1S/C46H32N4OS.Pt/c1-46(2,3)30-23-24-47-45(25-30)50-39-15-6-4-13-35(39)36-21-20-34(28-42(36)50)51-33-12-10-11-31(26-33)48-29-49(41-17-8-7-16-40(41)48)32-19-22-44-38(27-32)37-14-5-9-18-43(37)52-44;/h4-25,27H,1-3H3;/q-2;. The summed E-state index contributed by atoms with van der Waals surface area (Å²) in [4.78, 5) is 4.82. The van der Waals surface area contributed by atoms with Gasteiger partial charge in [0.2, 0.25) is 0 Å². The summed E-state index contributed by atoms with van der Waals surface area (Å²) < 4.78 is 15.5. The Bertz CT molecular complexity index is 3000. The Balaban J connectivity index is 0.00000372. The van der Waals surface area contributed by atoms with Gasteiger partial charge in [0, 0.05) is 53.7 Å². The third-order valence-electron chi connectivity index (χ3n) is 9.79. The van der Waals surface area contributed by atoms with Gasteiger partial charge in [-0.05, 0) is 75.3 Å². The summed E-state index contributed by atoms with van der Waals surface area (Å²) >= 11 is 1.83. The summed E-state index contributed by atoms with van der Waals surface area (Å²) in [6.45, 7) is 6.67. The van der Waals surface area contributed by atoms with E-state index in [4.69, 9.17) is 9.72 Å². The fourth-order valence-corrected chi connectivity index (χ4v) is 8.29. The summed E-state index contributed by atoms with van der Waals surface area (Å²) in [6.07, 6.45) is 5.52. The molecule has 0 radical (unpaired) electrons. The van der Waals surface area contributed by atoms with Crippen molar-refractivity contribution in [2.45, 2.75) is 26.2 Å². The quantitative estimate of drug-likeness (QED) is 0.128. The van der Waals surface area contributed by atoms with E-state index in [9.17, 15) is 0 Å². The Morgan fingerprint density at radius 2 is 1.42 bits per heavy atom. The number of nitrogens with zero attached hydrogens (tertiary/aromatic N) is 4. The Morgan fingerprint density at radius 1 is 0.660 bits per heavy atom. The van der Waals surface area contributed by atoms with Crippen molar-refractivity contribution in [2.24, 2.45) is 0 Å². The van der Waals surface area contributed by atoms with Gasteiger partial charge in [0.05, 0.1) is 16.7 Å². The first-order valence-electron chi connectivity index (χ1n) is 17.4. The molecule has 0 saturated carbocycles. The van der Waals surface area contributed by atoms with E-state index in [1.807, 2.05) is 41.8 Å². The minimum atomic E-state index is -0.0104. The van der Waals surface area contributed by atoms with E-state index >= 15 is 0 Å². The molecule has 0 saturated heterocycles. The molecule has 5 nitrogen and oxygen atoms in total. The molecular formula is C46H32N4OPtS-2. The van der Waals surface area contributed by atoms with E-state index in [2.05, 4.69) is 162 Å². The SMILES string of the molecule is CC(C)(C)c1ccnc(-n2c3[c-]c(Oc4[c-]c(-n5[c-][n+](-c6ccc7sc8ccccc8c7c6)c6ccccc65)ccc4)ccc3c3ccccc32)c1.[Pt]. The summed E-state index contributed by atoms with van der Waals surface area (Å²) in [6, 6.07) is 53.5. The van der Waals surface area contributed by atoms with Crippen LogP contribution < -0.4 is 9.30 Å². The van der Waals surface area contributed by atoms with Gasteiger partial charge in [-0.3, -0.25) is 4.57 Å². The number of imidazole rings is 1. The number of pyridine rings is 1. The molecule has 53 heavy (non-hydrogen) atoms. The van der Waals surface area contributed by atoms with E-state index in [0.29, 0.717) is 11.5 Å². The molecule has 4 aromatic heterocycles. The zero-order chi connectivity index (χ0) is 35.0. The maximum Gasteiger partial charge on any atom is 0.268 e. The minimum absolute atomic E-state index is 0. The van der Waals surface area contributed by atoms with Gasteiger partial charge >= 0.3 is 0 Å². The van der Waals surface area contributed by atoms with E-state index < -0.39 is 0 Å². The topological polar surface area (TPSA) is 35.9 Å². The van der Waals surface area contributed by atoms with Crippen LogP contribution in [0.5, 0.6) is 11.5 Å². The Morgan fingerprint density at radius 3 is 2.28 bits per heavy atom. The van der Waals surface area contributed by atoms with Gasteiger partial charge in [0.15, 0.2) is 0 Å². The van der Waals surface area contributed by atoms with Crippen molar-refractivity contribution in [1.82, 2.24) is 14.1 Å². The molecule has 0 spiro atoms. The number of hydrogen-bond acceptors (Lipinski definition) is 3. The third kappa shape index (κ3) is 5.65. The molecule has 10 rings (SSSR count). The van der Waals surface area contributed by atoms with Gasteiger partial charge in [-0.2, -0.15) is 18.2 Å². The predicted molar refractivity (Wildman–Crippen MR) is 212 cm³/mol. The van der Waals surface area contributed by atoms with Crippen LogP contribution in [0.4, 0.5) is 0 Å². The molecule has 0 amide bonds. The van der Waals surface area contributed by atoms with Gasteiger partial charge in [-0.25, -0.2) is 4.98 Å². The van der Waals surface area contributed by atoms with Gasteiger partial charge in [0.1, 0.15) is 5.82 Å². The van der Waals surface area contributed by atoms with Crippen LogP contribution in [0.1, 0.15) is 26.3 Å². The maximum absolute atomic E-state index is 6.52. The van der Waals surface area contributed by atoms with Crippen LogP contribution in [0, 0.1) is 18.5 Å². The normalized spacial score (nSPS) is 11.9. The number of fused-ring (bicyclic) bond motifs is 7. The van der Waals surface area contributed by atoms with E-state index in [1.165, 1.54) is 25.7 Å². The van der Waals surface area contributed by atoms with Crippen LogP contribution in [0.2, 0.25) is 0 Å². The van der Waals surface area contributed by atoms with Crippen molar-refractivity contribution in [2.75, 3.05) is 0 Å². The number of thiophene rings is 1. The third-order valence-corrected chi connectivity index (χ3v) is 10.9. The average molecular weight is 884 g/mol. The largest absolute Gasteiger partial charge is 0.510 e. The molecule has 0 aliphatic rings. The van der Waals surface area contributed by atoms with Crippen molar-refractivity contribution >= 4 is 64.3 Å². The number of rotatable bonds is 5. The first-order valence-corrected chi connectivity index (χ1v) is 18.2. The number of para-hydroxylation sites is 3. The first kappa shape index (κ1) is 33.3. The fourth-order valence-electron chi connectivity index (χ4n) is 7.21. The number of benzene rings is 6. The van der Waals surface area contributed by atoms with Gasteiger partial charge < -0.3 is 13.9 Å². The van der Waals surface area contributed by atoms with Crippen LogP contribution in [-0.4, -0.2) is 14.1 Å². The number of aromatic nitrogens is 4. The number of hydrogen-bond donors (Lipinski definition) is 0. The van der Waals surface area contributed by atoms with Gasteiger partial charge in [-0.1, -0.05) is 87.0 Å². The smallest absolute Gasteiger partial charge is 0.268 e. The Labute approximate surface area is 325 Å². The van der Waals surface area contributed by atoms with Gasteiger partial charge in [-0.15, -0.1) is 41.0 Å². The molecule has 0 N–H and O–H groups in total. The first-order chi connectivity index (χ1) is 25.4. The van der Waals surface area contributed by atoms with Crippen LogP contribution >= 0.6 is 11.3 Å². The average Bonchev–Trinajstić information content (AvgIpc) is 3.84. The van der Waals surface area contributed by atoms with E-state index in [1.54, 1.807) is 0 Å². The van der Waals surface area contributed by atoms with Gasteiger partial charge in [0.25, 0.3) is 6.33 Å². The summed E-state index contributed by atoms with van der Waals surface area (Å²) in [5.41, 5.74) is 7.15. The molecule has 10 aromatic rings. The van der Waals surface area contributed by atoms with E-state index in [0.717, 1.165) is 50.0 Å². The molecule has 0 aliphatic heterocycles. The van der Waals surface area contributed by atoms with E-state index in [-0.39, 0.29) is 26.5 Å².